The number of rotatable bonds is 3. The van der Waals surface area contributed by atoms with Gasteiger partial charge in [-0.05, 0) is 56.2 Å². The minimum atomic E-state index is -0.483. The van der Waals surface area contributed by atoms with E-state index in [0.29, 0.717) is 5.92 Å². The van der Waals surface area contributed by atoms with Crippen molar-refractivity contribution in [2.24, 2.45) is 11.7 Å². The molecule has 3 rings (SSSR count). The number of carbonyl (C=O) groups is 1. The van der Waals surface area contributed by atoms with Crippen molar-refractivity contribution in [1.29, 1.82) is 0 Å². The van der Waals surface area contributed by atoms with Crippen molar-refractivity contribution >= 4 is 18.3 Å². The van der Waals surface area contributed by atoms with E-state index in [-0.39, 0.29) is 30.2 Å². The molecule has 1 aromatic rings. The summed E-state index contributed by atoms with van der Waals surface area (Å²) >= 11 is 0. The topological polar surface area (TPSA) is 46.3 Å². The van der Waals surface area contributed by atoms with E-state index < -0.39 is 5.41 Å². The van der Waals surface area contributed by atoms with Crippen molar-refractivity contribution in [2.45, 2.75) is 50.5 Å². The van der Waals surface area contributed by atoms with Crippen molar-refractivity contribution in [2.75, 3.05) is 13.1 Å². The van der Waals surface area contributed by atoms with Crippen LogP contribution in [0.3, 0.4) is 0 Å². The maximum absolute atomic E-state index is 13.6. The van der Waals surface area contributed by atoms with Crippen LogP contribution in [0, 0.1) is 11.7 Å². The van der Waals surface area contributed by atoms with Gasteiger partial charge < -0.3 is 10.6 Å². The number of benzene rings is 1. The lowest BCUT2D eigenvalue weighted by molar-refractivity contribution is -0.142. The van der Waals surface area contributed by atoms with E-state index in [4.69, 9.17) is 5.73 Å². The molecule has 1 aliphatic heterocycles. The number of nitrogens with zero attached hydrogens (tertiary/aromatic N) is 1. The number of halogens is 2. The zero-order valence-corrected chi connectivity index (χ0v) is 14.4. The van der Waals surface area contributed by atoms with Gasteiger partial charge in [0.2, 0.25) is 5.91 Å². The molecule has 2 aliphatic rings. The normalized spacial score (nSPS) is 22.0. The fourth-order valence-corrected chi connectivity index (χ4v) is 3.87. The molecule has 0 aromatic heterocycles. The highest BCUT2D eigenvalue weighted by Crippen LogP contribution is 2.45. The first-order chi connectivity index (χ1) is 10.5. The van der Waals surface area contributed by atoms with Gasteiger partial charge in [0.05, 0.1) is 5.41 Å². The Bertz CT molecular complexity index is 552. The van der Waals surface area contributed by atoms with Crippen LogP contribution in [0.1, 0.15) is 44.6 Å². The van der Waals surface area contributed by atoms with Gasteiger partial charge in [-0.3, -0.25) is 4.79 Å². The summed E-state index contributed by atoms with van der Waals surface area (Å²) in [6, 6.07) is 6.77. The average molecular weight is 341 g/mol. The highest BCUT2D eigenvalue weighted by atomic mass is 35.5. The molecule has 3 nitrogen and oxygen atoms in total. The van der Waals surface area contributed by atoms with Crippen molar-refractivity contribution in [1.82, 2.24) is 4.90 Å². The third kappa shape index (κ3) is 3.38. The van der Waals surface area contributed by atoms with Gasteiger partial charge in [0.25, 0.3) is 0 Å². The molecule has 1 unspecified atom stereocenters. The summed E-state index contributed by atoms with van der Waals surface area (Å²) in [6.07, 6.45) is 4.66. The molecule has 128 valence electrons. The Balaban J connectivity index is 0.00000192. The zero-order valence-electron chi connectivity index (χ0n) is 13.6. The summed E-state index contributed by atoms with van der Waals surface area (Å²) in [6.45, 7) is 3.60. The highest BCUT2D eigenvalue weighted by molar-refractivity contribution is 5.89. The second kappa shape index (κ2) is 7.18. The molecule has 0 spiro atoms. The van der Waals surface area contributed by atoms with Crippen LogP contribution in [-0.4, -0.2) is 29.9 Å². The Morgan fingerprint density at radius 3 is 2.48 bits per heavy atom. The van der Waals surface area contributed by atoms with E-state index in [1.54, 1.807) is 6.07 Å². The molecule has 1 amide bonds. The molecule has 0 bridgehead atoms. The molecule has 1 aliphatic carbocycles. The number of amides is 1. The van der Waals surface area contributed by atoms with E-state index in [1.165, 1.54) is 12.1 Å². The lowest BCUT2D eigenvalue weighted by atomic mass is 9.63. The summed E-state index contributed by atoms with van der Waals surface area (Å²) < 4.78 is 13.6. The first-order valence-electron chi connectivity index (χ1n) is 8.34. The predicted molar refractivity (Wildman–Crippen MR) is 92.1 cm³/mol. The second-order valence-electron chi connectivity index (χ2n) is 6.93. The Labute approximate surface area is 143 Å². The Morgan fingerprint density at radius 2 is 2.00 bits per heavy atom. The van der Waals surface area contributed by atoms with Gasteiger partial charge in [0.1, 0.15) is 5.82 Å². The average Bonchev–Trinajstić information content (AvgIpc) is 2.46. The highest BCUT2D eigenvalue weighted by Gasteiger charge is 2.48. The van der Waals surface area contributed by atoms with Gasteiger partial charge in [-0.15, -0.1) is 12.4 Å². The summed E-state index contributed by atoms with van der Waals surface area (Å²) in [5, 5.41) is 0. The predicted octanol–water partition coefficient (Wildman–Crippen LogP) is 3.26. The summed E-state index contributed by atoms with van der Waals surface area (Å²) in [5.74, 6) is 0.440. The monoisotopic (exact) mass is 340 g/mol. The van der Waals surface area contributed by atoms with Crippen LogP contribution in [0.4, 0.5) is 4.39 Å². The summed E-state index contributed by atoms with van der Waals surface area (Å²) in [4.78, 5) is 15.0. The van der Waals surface area contributed by atoms with E-state index >= 15 is 0 Å². The summed E-state index contributed by atoms with van der Waals surface area (Å²) in [5.41, 5.74) is 6.34. The lowest BCUT2D eigenvalue weighted by Gasteiger charge is -2.46. The van der Waals surface area contributed by atoms with Crippen molar-refractivity contribution in [3.05, 3.63) is 35.6 Å². The smallest absolute Gasteiger partial charge is 0.233 e. The lowest BCUT2D eigenvalue weighted by Crippen LogP contribution is -2.53. The third-order valence-corrected chi connectivity index (χ3v) is 5.56. The number of hydrogen-bond donors (Lipinski definition) is 1. The van der Waals surface area contributed by atoms with E-state index in [1.807, 2.05) is 17.9 Å². The second-order valence-corrected chi connectivity index (χ2v) is 6.93. The molecule has 1 heterocycles. The number of piperidine rings is 1. The van der Waals surface area contributed by atoms with Crippen LogP contribution < -0.4 is 5.73 Å². The molecule has 1 aromatic carbocycles. The van der Waals surface area contributed by atoms with Crippen molar-refractivity contribution in [3.8, 4) is 0 Å². The fourth-order valence-electron chi connectivity index (χ4n) is 3.87. The minimum absolute atomic E-state index is 0. The first-order valence-corrected chi connectivity index (χ1v) is 8.34. The standard InChI is InChI=1S/C18H25FN2O.ClH/c1-13(20)14-6-10-21(11-7-14)17(22)18(8-3-9-18)15-4-2-5-16(19)12-15;/h2,4-5,12-14H,3,6-11,20H2,1H3;1H. The zero-order chi connectivity index (χ0) is 15.7. The Kier molecular flexibility index (Phi) is 5.69. The van der Waals surface area contributed by atoms with Gasteiger partial charge in [-0.25, -0.2) is 4.39 Å². The molecule has 1 saturated heterocycles. The van der Waals surface area contributed by atoms with Crippen LogP contribution >= 0.6 is 12.4 Å². The molecular formula is C18H26ClFN2O. The largest absolute Gasteiger partial charge is 0.342 e. The fraction of sp³-hybridized carbons (Fsp3) is 0.611. The van der Waals surface area contributed by atoms with Gasteiger partial charge in [-0.2, -0.15) is 0 Å². The maximum atomic E-state index is 13.6. The van der Waals surface area contributed by atoms with E-state index in [0.717, 1.165) is 50.8 Å². The van der Waals surface area contributed by atoms with Gasteiger partial charge in [-0.1, -0.05) is 18.6 Å². The number of likely N-dealkylation sites (tertiary alicyclic amines) is 1. The third-order valence-electron chi connectivity index (χ3n) is 5.56. The first kappa shape index (κ1) is 18.2. The van der Waals surface area contributed by atoms with Crippen LogP contribution in [0.15, 0.2) is 24.3 Å². The Morgan fingerprint density at radius 1 is 1.35 bits per heavy atom. The number of hydrogen-bond acceptors (Lipinski definition) is 2. The number of carbonyl (C=O) groups excluding carboxylic acids is 1. The molecule has 5 heteroatoms. The quantitative estimate of drug-likeness (QED) is 0.918. The SMILES string of the molecule is CC(N)C1CCN(C(=O)C2(c3cccc(F)c3)CCC2)CC1.Cl. The van der Waals surface area contributed by atoms with Crippen molar-refractivity contribution < 1.29 is 9.18 Å². The van der Waals surface area contributed by atoms with Gasteiger partial charge in [0.15, 0.2) is 0 Å². The van der Waals surface area contributed by atoms with Crippen LogP contribution in [0.25, 0.3) is 0 Å². The van der Waals surface area contributed by atoms with Gasteiger partial charge >= 0.3 is 0 Å². The molecule has 23 heavy (non-hydrogen) atoms. The molecular weight excluding hydrogens is 315 g/mol. The maximum Gasteiger partial charge on any atom is 0.233 e. The Hall–Kier alpha value is -1.13. The number of nitrogens with two attached hydrogens (primary N) is 1. The van der Waals surface area contributed by atoms with Crippen LogP contribution in [-0.2, 0) is 10.2 Å². The van der Waals surface area contributed by atoms with Crippen LogP contribution in [0.5, 0.6) is 0 Å². The van der Waals surface area contributed by atoms with Crippen molar-refractivity contribution in [3.63, 3.8) is 0 Å². The molecule has 1 saturated carbocycles. The van der Waals surface area contributed by atoms with E-state index in [2.05, 4.69) is 0 Å². The molecule has 2 fully saturated rings. The van der Waals surface area contributed by atoms with Crippen LogP contribution in [0.2, 0.25) is 0 Å². The summed E-state index contributed by atoms with van der Waals surface area (Å²) in [7, 11) is 0. The molecule has 2 N–H and O–H groups in total. The van der Waals surface area contributed by atoms with Gasteiger partial charge in [0, 0.05) is 19.1 Å². The molecule has 1 atom stereocenters. The molecule has 0 radical (unpaired) electrons. The minimum Gasteiger partial charge on any atom is -0.342 e. The van der Waals surface area contributed by atoms with E-state index in [9.17, 15) is 9.18 Å².